The molecule has 1 aliphatic heterocycles. The number of anilines is 2. The topological polar surface area (TPSA) is 61.4 Å². The van der Waals surface area contributed by atoms with E-state index < -0.39 is 17.7 Å². The Morgan fingerprint density at radius 3 is 2.46 bits per heavy atom. The van der Waals surface area contributed by atoms with E-state index in [4.69, 9.17) is 11.6 Å². The summed E-state index contributed by atoms with van der Waals surface area (Å²) in [6.07, 6.45) is 1.49. The first-order chi connectivity index (χ1) is 18.6. The molecule has 0 saturated heterocycles. The number of allylic oxidation sites excluding steroid dienone is 1. The molecule has 0 bridgehead atoms. The van der Waals surface area contributed by atoms with Gasteiger partial charge in [-0.05, 0) is 65.8 Å². The van der Waals surface area contributed by atoms with Crippen molar-refractivity contribution in [2.75, 3.05) is 23.3 Å². The summed E-state index contributed by atoms with van der Waals surface area (Å²) < 4.78 is 29.0. The molecule has 1 aliphatic carbocycles. The van der Waals surface area contributed by atoms with Crippen molar-refractivity contribution in [2.24, 2.45) is 5.41 Å². The Morgan fingerprint density at radius 1 is 1.05 bits per heavy atom. The molecule has 2 N–H and O–H groups in total. The van der Waals surface area contributed by atoms with Gasteiger partial charge in [-0.25, -0.2) is 8.78 Å². The highest BCUT2D eigenvalue weighted by molar-refractivity contribution is 6.30. The van der Waals surface area contributed by atoms with E-state index in [0.29, 0.717) is 47.8 Å². The highest BCUT2D eigenvalue weighted by atomic mass is 35.5. The van der Waals surface area contributed by atoms with Gasteiger partial charge in [-0.1, -0.05) is 49.7 Å². The van der Waals surface area contributed by atoms with Crippen molar-refractivity contribution >= 4 is 34.7 Å². The Hall–Kier alpha value is -3.71. The summed E-state index contributed by atoms with van der Waals surface area (Å²) in [5.74, 6) is -1.86. The number of ketones is 1. The Morgan fingerprint density at radius 2 is 1.74 bits per heavy atom. The first-order valence-corrected chi connectivity index (χ1v) is 13.3. The molecule has 0 aromatic heterocycles. The van der Waals surface area contributed by atoms with Gasteiger partial charge < -0.3 is 15.5 Å². The number of hydrogen-bond acceptors (Lipinski definition) is 4. The number of nitrogens with zero attached hydrogens (tertiary/aromatic N) is 1. The number of rotatable bonds is 6. The van der Waals surface area contributed by atoms with Gasteiger partial charge in [-0.2, -0.15) is 0 Å². The maximum atomic E-state index is 14.5. The van der Waals surface area contributed by atoms with Gasteiger partial charge in [0, 0.05) is 35.3 Å². The molecule has 8 heteroatoms. The van der Waals surface area contributed by atoms with E-state index in [2.05, 4.69) is 10.6 Å². The van der Waals surface area contributed by atoms with Crippen LogP contribution in [0.5, 0.6) is 0 Å². The predicted molar refractivity (Wildman–Crippen MR) is 150 cm³/mol. The molecule has 5 rings (SSSR count). The first-order valence-electron chi connectivity index (χ1n) is 13.0. The molecule has 0 saturated carbocycles. The lowest BCUT2D eigenvalue weighted by molar-refractivity contribution is -0.120. The van der Waals surface area contributed by atoms with Crippen molar-refractivity contribution in [3.8, 4) is 0 Å². The van der Waals surface area contributed by atoms with E-state index >= 15 is 0 Å². The number of halogens is 3. The lowest BCUT2D eigenvalue weighted by atomic mass is 9.73. The second-order valence-corrected chi connectivity index (χ2v) is 11.4. The van der Waals surface area contributed by atoms with E-state index in [1.165, 1.54) is 12.1 Å². The molecule has 5 nitrogen and oxygen atoms in total. The molecule has 3 aromatic carbocycles. The summed E-state index contributed by atoms with van der Waals surface area (Å²) in [4.78, 5) is 28.7. The molecular formula is C31H30ClF2N3O2. The lowest BCUT2D eigenvalue weighted by Crippen LogP contribution is -2.42. The minimum atomic E-state index is -0.855. The highest BCUT2D eigenvalue weighted by Crippen LogP contribution is 2.48. The average Bonchev–Trinajstić information content (AvgIpc) is 2.98. The van der Waals surface area contributed by atoms with Crippen LogP contribution in [0.25, 0.3) is 0 Å². The summed E-state index contributed by atoms with van der Waals surface area (Å²) in [7, 11) is 0. The van der Waals surface area contributed by atoms with Crippen LogP contribution in [-0.2, 0) is 16.0 Å². The standard InChI is InChI=1S/C31H30ClF2N3O2/c1-31(2)16-25-29(27(38)17-31)30(20-13-22(33)15-23(34)14-20)37(26-6-4-3-5-24(26)36-25)18-28(39)35-12-11-19-7-9-21(32)10-8-19/h3-10,13-15,30,36H,11-12,16-18H2,1-2H3,(H,35,39). The van der Waals surface area contributed by atoms with Crippen LogP contribution in [0.1, 0.15) is 43.9 Å². The Kier molecular flexibility index (Phi) is 7.45. The Bertz CT molecular complexity index is 1430. The number of hydrogen-bond donors (Lipinski definition) is 2. The minimum Gasteiger partial charge on any atom is -0.357 e. The molecule has 0 fully saturated rings. The smallest absolute Gasteiger partial charge is 0.239 e. The van der Waals surface area contributed by atoms with Crippen molar-refractivity contribution < 1.29 is 18.4 Å². The number of benzene rings is 3. The monoisotopic (exact) mass is 549 g/mol. The predicted octanol–water partition coefficient (Wildman–Crippen LogP) is 6.59. The van der Waals surface area contributed by atoms with Gasteiger partial charge >= 0.3 is 0 Å². The second kappa shape index (κ2) is 10.8. The van der Waals surface area contributed by atoms with Crippen molar-refractivity contribution in [2.45, 2.75) is 39.2 Å². The van der Waals surface area contributed by atoms with E-state index in [1.807, 2.05) is 50.2 Å². The number of carbonyl (C=O) groups is 2. The SMILES string of the molecule is CC1(C)CC(=O)C2=C(C1)Nc1ccccc1N(CC(=O)NCCc1ccc(Cl)cc1)C2c1cc(F)cc(F)c1. The van der Waals surface area contributed by atoms with E-state index in [0.717, 1.165) is 17.3 Å². The maximum absolute atomic E-state index is 14.5. The molecule has 0 spiro atoms. The molecule has 39 heavy (non-hydrogen) atoms. The van der Waals surface area contributed by atoms with Gasteiger partial charge in [-0.3, -0.25) is 9.59 Å². The van der Waals surface area contributed by atoms with Crippen molar-refractivity contribution in [1.82, 2.24) is 5.32 Å². The van der Waals surface area contributed by atoms with Gasteiger partial charge in [0.25, 0.3) is 0 Å². The number of fused-ring (bicyclic) bond motifs is 1. The van der Waals surface area contributed by atoms with Crippen LogP contribution in [0.4, 0.5) is 20.2 Å². The minimum absolute atomic E-state index is 0.107. The number of nitrogens with one attached hydrogen (secondary N) is 2. The first kappa shape index (κ1) is 26.9. The molecule has 1 atom stereocenters. The van der Waals surface area contributed by atoms with Gasteiger partial charge in [-0.15, -0.1) is 0 Å². The fraction of sp³-hybridized carbons (Fsp3) is 0.290. The number of amides is 1. The third-order valence-corrected chi connectivity index (χ3v) is 7.42. The fourth-order valence-corrected chi connectivity index (χ4v) is 5.64. The number of para-hydroxylation sites is 2. The van der Waals surface area contributed by atoms with Crippen LogP contribution in [0.15, 0.2) is 78.0 Å². The third-order valence-electron chi connectivity index (χ3n) is 7.17. The van der Waals surface area contributed by atoms with E-state index in [-0.39, 0.29) is 29.2 Å². The molecule has 1 amide bonds. The molecule has 2 aliphatic rings. The van der Waals surface area contributed by atoms with Gasteiger partial charge in [0.1, 0.15) is 11.6 Å². The quantitative estimate of drug-likeness (QED) is 0.364. The summed E-state index contributed by atoms with van der Waals surface area (Å²) in [6, 6.07) is 17.3. The van der Waals surface area contributed by atoms with Crippen LogP contribution in [-0.4, -0.2) is 24.8 Å². The average molecular weight is 550 g/mol. The number of carbonyl (C=O) groups excluding carboxylic acids is 2. The summed E-state index contributed by atoms with van der Waals surface area (Å²) in [6.45, 7) is 4.33. The highest BCUT2D eigenvalue weighted by Gasteiger charge is 2.42. The van der Waals surface area contributed by atoms with Crippen molar-refractivity contribution in [3.05, 3.63) is 106 Å². The van der Waals surface area contributed by atoms with Gasteiger partial charge in [0.2, 0.25) is 5.91 Å². The van der Waals surface area contributed by atoms with Crippen LogP contribution >= 0.6 is 11.6 Å². The zero-order valence-corrected chi connectivity index (χ0v) is 22.6. The van der Waals surface area contributed by atoms with Crippen LogP contribution in [0, 0.1) is 17.0 Å². The fourth-order valence-electron chi connectivity index (χ4n) is 5.51. The van der Waals surface area contributed by atoms with Crippen LogP contribution in [0.3, 0.4) is 0 Å². The zero-order valence-electron chi connectivity index (χ0n) is 21.9. The molecule has 202 valence electrons. The van der Waals surface area contributed by atoms with E-state index in [9.17, 15) is 18.4 Å². The van der Waals surface area contributed by atoms with E-state index in [1.54, 1.807) is 17.0 Å². The molecule has 1 heterocycles. The lowest BCUT2D eigenvalue weighted by Gasteiger charge is -2.37. The number of Topliss-reactive ketones (excluding diaryl/α,β-unsaturated/α-hetero) is 1. The Labute approximate surface area is 231 Å². The summed E-state index contributed by atoms with van der Waals surface area (Å²) >= 11 is 5.96. The summed E-state index contributed by atoms with van der Waals surface area (Å²) in [5, 5.41) is 7.03. The van der Waals surface area contributed by atoms with Gasteiger partial charge in [0.15, 0.2) is 5.78 Å². The molecule has 3 aromatic rings. The van der Waals surface area contributed by atoms with Gasteiger partial charge in [0.05, 0.1) is 24.0 Å². The van der Waals surface area contributed by atoms with Crippen LogP contribution < -0.4 is 15.5 Å². The van der Waals surface area contributed by atoms with Crippen molar-refractivity contribution in [1.29, 1.82) is 0 Å². The van der Waals surface area contributed by atoms with Crippen LogP contribution in [0.2, 0.25) is 5.02 Å². The zero-order chi connectivity index (χ0) is 27.7. The second-order valence-electron chi connectivity index (χ2n) is 10.9. The third kappa shape index (κ3) is 5.98. The molecular weight excluding hydrogens is 520 g/mol. The Balaban J connectivity index is 1.53. The maximum Gasteiger partial charge on any atom is 0.239 e. The molecule has 1 unspecified atom stereocenters. The van der Waals surface area contributed by atoms with Crippen molar-refractivity contribution in [3.63, 3.8) is 0 Å². The largest absolute Gasteiger partial charge is 0.357 e. The summed E-state index contributed by atoms with van der Waals surface area (Å²) in [5.41, 5.74) is 3.56. The molecule has 0 radical (unpaired) electrons. The normalized spacial score (nSPS) is 18.1.